The molecule has 2 aromatic carbocycles. The van der Waals surface area contributed by atoms with Gasteiger partial charge < -0.3 is 9.88 Å². The summed E-state index contributed by atoms with van der Waals surface area (Å²) < 4.78 is 7.08. The molecule has 1 saturated carbocycles. The van der Waals surface area contributed by atoms with E-state index in [1.54, 1.807) is 0 Å². The van der Waals surface area contributed by atoms with Crippen LogP contribution in [0.5, 0.6) is 0 Å². The first-order valence-electron chi connectivity index (χ1n) is 10.1. The monoisotopic (exact) mass is 388 g/mol. The molecule has 6 heteroatoms. The molecular weight excluding hydrogens is 364 g/mol. The fraction of sp³-hybridized carbons (Fsp3) is 0.304. The predicted molar refractivity (Wildman–Crippen MR) is 113 cm³/mol. The van der Waals surface area contributed by atoms with Crippen molar-refractivity contribution in [2.45, 2.75) is 45.3 Å². The lowest BCUT2D eigenvalue weighted by Gasteiger charge is -2.26. The number of nitrogens with one attached hydrogen (secondary N) is 2. The number of hydrogen-bond donors (Lipinski definition) is 2. The Balaban J connectivity index is 1.66. The SMILES string of the molecule is Cc1ccc(Cn2c(-c3noc(=O)[nH]3)c(CNC3CCC3)c3ccccc32)cc1. The number of benzene rings is 2. The molecule has 6 nitrogen and oxygen atoms in total. The number of aromatic amines is 1. The lowest BCUT2D eigenvalue weighted by molar-refractivity contribution is 0.338. The number of para-hydroxylation sites is 1. The van der Waals surface area contributed by atoms with Gasteiger partial charge in [-0.3, -0.25) is 9.51 Å². The zero-order valence-corrected chi connectivity index (χ0v) is 16.4. The molecule has 5 rings (SSSR count). The summed E-state index contributed by atoms with van der Waals surface area (Å²) in [4.78, 5) is 14.5. The van der Waals surface area contributed by atoms with E-state index in [4.69, 9.17) is 4.52 Å². The fourth-order valence-corrected chi connectivity index (χ4v) is 4.06. The Kier molecular flexibility index (Phi) is 4.56. The molecule has 0 atom stereocenters. The highest BCUT2D eigenvalue weighted by atomic mass is 16.5. The average Bonchev–Trinajstić information content (AvgIpc) is 3.24. The molecule has 4 aromatic rings. The molecular formula is C23H24N4O2. The second kappa shape index (κ2) is 7.37. The van der Waals surface area contributed by atoms with Crippen molar-refractivity contribution < 1.29 is 4.52 Å². The van der Waals surface area contributed by atoms with Crippen molar-refractivity contribution in [3.05, 3.63) is 75.8 Å². The van der Waals surface area contributed by atoms with E-state index in [1.807, 2.05) is 6.07 Å². The van der Waals surface area contributed by atoms with Crippen molar-refractivity contribution >= 4 is 10.9 Å². The second-order valence-electron chi connectivity index (χ2n) is 7.87. The van der Waals surface area contributed by atoms with Gasteiger partial charge in [0.25, 0.3) is 0 Å². The molecule has 0 spiro atoms. The molecule has 29 heavy (non-hydrogen) atoms. The first kappa shape index (κ1) is 17.9. The van der Waals surface area contributed by atoms with Gasteiger partial charge in [-0.2, -0.15) is 0 Å². The Labute approximate surface area is 168 Å². The number of hydrogen-bond acceptors (Lipinski definition) is 4. The second-order valence-corrected chi connectivity index (χ2v) is 7.87. The van der Waals surface area contributed by atoms with Gasteiger partial charge in [-0.15, -0.1) is 0 Å². The summed E-state index contributed by atoms with van der Waals surface area (Å²) in [6.07, 6.45) is 3.73. The van der Waals surface area contributed by atoms with Gasteiger partial charge in [0.2, 0.25) is 0 Å². The molecule has 0 radical (unpaired) electrons. The van der Waals surface area contributed by atoms with Gasteiger partial charge in [-0.25, -0.2) is 4.79 Å². The number of rotatable bonds is 6. The van der Waals surface area contributed by atoms with Gasteiger partial charge in [0.05, 0.1) is 5.69 Å². The fourth-order valence-electron chi connectivity index (χ4n) is 4.06. The molecule has 0 bridgehead atoms. The van der Waals surface area contributed by atoms with E-state index >= 15 is 0 Å². The topological polar surface area (TPSA) is 75.8 Å². The summed E-state index contributed by atoms with van der Waals surface area (Å²) in [5.41, 5.74) is 5.60. The molecule has 0 unspecified atom stereocenters. The number of aromatic nitrogens is 3. The summed E-state index contributed by atoms with van der Waals surface area (Å²) in [6, 6.07) is 17.5. The Bertz CT molecular complexity index is 1200. The normalized spacial score (nSPS) is 14.4. The molecule has 1 aliphatic rings. The zero-order chi connectivity index (χ0) is 19.8. The third kappa shape index (κ3) is 3.40. The van der Waals surface area contributed by atoms with E-state index in [-0.39, 0.29) is 0 Å². The molecule has 148 valence electrons. The Hall–Kier alpha value is -3.12. The minimum Gasteiger partial charge on any atom is -0.333 e. The molecule has 0 amide bonds. The standard InChI is InChI=1S/C23H24N4O2/c1-15-9-11-16(12-10-15)14-27-20-8-3-2-7-18(20)19(13-24-17-5-4-6-17)21(27)22-25-23(28)29-26-22/h2-3,7-12,17,24H,4-6,13-14H2,1H3,(H,25,26,28). The van der Waals surface area contributed by atoms with Crippen LogP contribution in [0.3, 0.4) is 0 Å². The van der Waals surface area contributed by atoms with Crippen molar-refractivity contribution in [1.29, 1.82) is 0 Å². The largest absolute Gasteiger partial charge is 0.439 e. The summed E-state index contributed by atoms with van der Waals surface area (Å²) in [5, 5.41) is 8.86. The summed E-state index contributed by atoms with van der Waals surface area (Å²) in [6.45, 7) is 3.51. The lowest BCUT2D eigenvalue weighted by Crippen LogP contribution is -2.34. The highest BCUT2D eigenvalue weighted by molar-refractivity contribution is 5.90. The van der Waals surface area contributed by atoms with Crippen molar-refractivity contribution in [1.82, 2.24) is 20.0 Å². The quantitative estimate of drug-likeness (QED) is 0.524. The number of H-pyrrole nitrogens is 1. The minimum atomic E-state index is -0.537. The number of nitrogens with zero attached hydrogens (tertiary/aromatic N) is 2. The van der Waals surface area contributed by atoms with Crippen molar-refractivity contribution in [3.8, 4) is 11.5 Å². The van der Waals surface area contributed by atoms with Crippen LogP contribution in [0.2, 0.25) is 0 Å². The maximum atomic E-state index is 11.7. The first-order chi connectivity index (χ1) is 14.2. The van der Waals surface area contributed by atoms with Crippen molar-refractivity contribution in [2.24, 2.45) is 0 Å². The molecule has 2 heterocycles. The summed E-state index contributed by atoms with van der Waals surface area (Å²) in [7, 11) is 0. The highest BCUT2D eigenvalue weighted by Gasteiger charge is 2.23. The number of aryl methyl sites for hydroxylation is 1. The predicted octanol–water partition coefficient (Wildman–Crippen LogP) is 3.98. The van der Waals surface area contributed by atoms with Gasteiger partial charge >= 0.3 is 5.76 Å². The van der Waals surface area contributed by atoms with Gasteiger partial charge in [0.1, 0.15) is 0 Å². The van der Waals surface area contributed by atoms with Crippen LogP contribution in [0.25, 0.3) is 22.4 Å². The maximum absolute atomic E-state index is 11.7. The van der Waals surface area contributed by atoms with Crippen LogP contribution in [0.4, 0.5) is 0 Å². The third-order valence-corrected chi connectivity index (χ3v) is 5.87. The Morgan fingerprint density at radius 3 is 2.66 bits per heavy atom. The molecule has 1 fully saturated rings. The van der Waals surface area contributed by atoms with Crippen LogP contribution in [-0.4, -0.2) is 20.7 Å². The van der Waals surface area contributed by atoms with Crippen LogP contribution >= 0.6 is 0 Å². The molecule has 0 aliphatic heterocycles. The number of fused-ring (bicyclic) bond motifs is 1. The maximum Gasteiger partial charge on any atom is 0.439 e. The van der Waals surface area contributed by atoms with Crippen LogP contribution in [0.15, 0.2) is 57.8 Å². The van der Waals surface area contributed by atoms with Crippen LogP contribution in [0.1, 0.15) is 36.0 Å². The van der Waals surface area contributed by atoms with E-state index in [0.717, 1.165) is 23.3 Å². The highest BCUT2D eigenvalue weighted by Crippen LogP contribution is 2.33. The van der Waals surface area contributed by atoms with Crippen LogP contribution in [-0.2, 0) is 13.1 Å². The van der Waals surface area contributed by atoms with Gasteiger partial charge in [0.15, 0.2) is 5.82 Å². The average molecular weight is 388 g/mol. The van der Waals surface area contributed by atoms with Crippen LogP contribution in [0, 0.1) is 6.92 Å². The Morgan fingerprint density at radius 1 is 1.17 bits per heavy atom. The molecule has 0 saturated heterocycles. The van der Waals surface area contributed by atoms with E-state index in [9.17, 15) is 4.79 Å². The van der Waals surface area contributed by atoms with E-state index < -0.39 is 5.76 Å². The van der Waals surface area contributed by atoms with Gasteiger partial charge in [-0.05, 0) is 31.4 Å². The third-order valence-electron chi connectivity index (χ3n) is 5.87. The minimum absolute atomic E-state index is 0.476. The summed E-state index contributed by atoms with van der Waals surface area (Å²) in [5.74, 6) is -0.0613. The van der Waals surface area contributed by atoms with Crippen molar-refractivity contribution in [2.75, 3.05) is 0 Å². The van der Waals surface area contributed by atoms with Crippen molar-refractivity contribution in [3.63, 3.8) is 0 Å². The molecule has 2 N–H and O–H groups in total. The smallest absolute Gasteiger partial charge is 0.333 e. The van der Waals surface area contributed by atoms with E-state index in [1.165, 1.54) is 35.8 Å². The molecule has 2 aromatic heterocycles. The van der Waals surface area contributed by atoms with E-state index in [2.05, 4.69) is 69.4 Å². The van der Waals surface area contributed by atoms with Crippen LogP contribution < -0.4 is 11.1 Å². The zero-order valence-electron chi connectivity index (χ0n) is 16.4. The first-order valence-corrected chi connectivity index (χ1v) is 10.1. The Morgan fingerprint density at radius 2 is 1.97 bits per heavy atom. The van der Waals surface area contributed by atoms with E-state index in [0.29, 0.717) is 18.4 Å². The van der Waals surface area contributed by atoms with Gasteiger partial charge in [0, 0.05) is 35.6 Å². The molecule has 1 aliphatic carbocycles. The van der Waals surface area contributed by atoms with Gasteiger partial charge in [-0.1, -0.05) is 59.6 Å². The summed E-state index contributed by atoms with van der Waals surface area (Å²) >= 11 is 0. The lowest BCUT2D eigenvalue weighted by atomic mass is 9.93.